The van der Waals surface area contributed by atoms with Crippen molar-refractivity contribution >= 4 is 0 Å². The van der Waals surface area contributed by atoms with Gasteiger partial charge in [0.05, 0.1) is 0 Å². The fourth-order valence-corrected chi connectivity index (χ4v) is 0.505. The summed E-state index contributed by atoms with van der Waals surface area (Å²) in [5.74, 6) is 0. The van der Waals surface area contributed by atoms with Crippen molar-refractivity contribution < 1.29 is 8.78 Å². The summed E-state index contributed by atoms with van der Waals surface area (Å²) >= 11 is 0. The fraction of sp³-hybridized carbons (Fsp3) is 0.167. The van der Waals surface area contributed by atoms with Gasteiger partial charge in [-0.3, -0.25) is 4.98 Å². The molecule has 0 radical (unpaired) electrons. The van der Waals surface area contributed by atoms with Gasteiger partial charge in [-0.05, 0) is 6.07 Å². The lowest BCUT2D eigenvalue weighted by Crippen LogP contribution is -1.82. The van der Waals surface area contributed by atoms with Crippen LogP contribution in [0.2, 0.25) is 0 Å². The highest BCUT2D eigenvalue weighted by Crippen LogP contribution is 2.15. The highest BCUT2D eigenvalue weighted by atomic mass is 19.3. The largest absolute Gasteiger partial charge is 0.265 e. The van der Waals surface area contributed by atoms with Crippen LogP contribution in [0.25, 0.3) is 0 Å². The Hall–Kier alpha value is -0.990. The molecule has 3 heteroatoms. The fourth-order valence-electron chi connectivity index (χ4n) is 0.505. The first-order valence-corrected chi connectivity index (χ1v) is 2.49. The summed E-state index contributed by atoms with van der Waals surface area (Å²) in [6.07, 6.45) is 0.218. The summed E-state index contributed by atoms with van der Waals surface area (Å²) in [7, 11) is 0. The standard InChI is InChI=1S/C6H5F2N/c7-6(8)5-2-1-3-9-4-5/h1-4,6H. The number of aromatic nitrogens is 1. The average Bonchev–Trinajstić information content (AvgIpc) is 1.90. The molecule has 9 heavy (non-hydrogen) atoms. The van der Waals surface area contributed by atoms with E-state index < -0.39 is 6.43 Å². The molecule has 48 valence electrons. The summed E-state index contributed by atoms with van der Waals surface area (Å²) in [5, 5.41) is 0. The summed E-state index contributed by atoms with van der Waals surface area (Å²) in [4.78, 5) is 3.53. The van der Waals surface area contributed by atoms with E-state index >= 15 is 0 Å². The highest BCUT2D eigenvalue weighted by Gasteiger charge is 2.03. The minimum Gasteiger partial charge on any atom is -0.264 e. The van der Waals surface area contributed by atoms with E-state index in [0.29, 0.717) is 0 Å². The molecule has 0 aliphatic heterocycles. The molecule has 0 fully saturated rings. The Morgan fingerprint density at radius 3 is 2.56 bits per heavy atom. The zero-order valence-electron chi connectivity index (χ0n) is 4.59. The van der Waals surface area contributed by atoms with E-state index in [-0.39, 0.29) is 5.56 Å². The second-order valence-electron chi connectivity index (χ2n) is 1.59. The zero-order chi connectivity index (χ0) is 6.69. The van der Waals surface area contributed by atoms with Crippen molar-refractivity contribution in [3.63, 3.8) is 0 Å². The first-order chi connectivity index (χ1) is 4.30. The second kappa shape index (κ2) is 2.53. The lowest BCUT2D eigenvalue weighted by molar-refractivity contribution is 0.151. The van der Waals surface area contributed by atoms with Gasteiger partial charge in [0.2, 0.25) is 0 Å². The zero-order valence-corrected chi connectivity index (χ0v) is 4.59. The molecule has 1 heterocycles. The van der Waals surface area contributed by atoms with Crippen molar-refractivity contribution in [2.45, 2.75) is 6.43 Å². The number of nitrogens with zero attached hydrogens (tertiary/aromatic N) is 1. The van der Waals surface area contributed by atoms with Gasteiger partial charge >= 0.3 is 0 Å². The topological polar surface area (TPSA) is 12.9 Å². The first-order valence-electron chi connectivity index (χ1n) is 2.49. The first kappa shape index (κ1) is 6.13. The van der Waals surface area contributed by atoms with Crippen LogP contribution in [0.5, 0.6) is 0 Å². The van der Waals surface area contributed by atoms with Crippen molar-refractivity contribution in [1.82, 2.24) is 4.98 Å². The third-order valence-corrected chi connectivity index (χ3v) is 0.936. The summed E-state index contributed by atoms with van der Waals surface area (Å²) in [6, 6.07) is 2.83. The van der Waals surface area contributed by atoms with Crippen LogP contribution in [-0.2, 0) is 0 Å². The van der Waals surface area contributed by atoms with Gasteiger partial charge in [-0.15, -0.1) is 0 Å². The molecule has 0 saturated carbocycles. The molecule has 1 rings (SSSR count). The van der Waals surface area contributed by atoms with Gasteiger partial charge < -0.3 is 0 Å². The smallest absolute Gasteiger partial charge is 0.264 e. The highest BCUT2D eigenvalue weighted by molar-refractivity contribution is 5.09. The van der Waals surface area contributed by atoms with E-state index in [2.05, 4.69) is 4.98 Å². The number of hydrogen-bond donors (Lipinski definition) is 0. The van der Waals surface area contributed by atoms with Gasteiger partial charge in [-0.2, -0.15) is 0 Å². The van der Waals surface area contributed by atoms with Crippen molar-refractivity contribution in [1.29, 1.82) is 0 Å². The van der Waals surface area contributed by atoms with Gasteiger partial charge in [0.25, 0.3) is 6.43 Å². The molecular formula is C6H5F2N. The van der Waals surface area contributed by atoms with E-state index in [1.165, 1.54) is 18.3 Å². The molecule has 0 unspecified atom stereocenters. The Balaban J connectivity index is 2.85. The van der Waals surface area contributed by atoms with Crippen LogP contribution in [0.1, 0.15) is 12.0 Å². The van der Waals surface area contributed by atoms with Crippen LogP contribution in [0.4, 0.5) is 8.78 Å². The number of hydrogen-bond acceptors (Lipinski definition) is 1. The van der Waals surface area contributed by atoms with E-state index in [1.54, 1.807) is 0 Å². The van der Waals surface area contributed by atoms with Crippen molar-refractivity contribution in [2.24, 2.45) is 0 Å². The third kappa shape index (κ3) is 1.45. The molecule has 1 aromatic heterocycles. The van der Waals surface area contributed by atoms with Crippen LogP contribution >= 0.6 is 0 Å². The van der Waals surface area contributed by atoms with E-state index in [0.717, 1.165) is 6.20 Å². The molecule has 0 aliphatic carbocycles. The van der Waals surface area contributed by atoms with Crippen LogP contribution < -0.4 is 0 Å². The van der Waals surface area contributed by atoms with Gasteiger partial charge in [0, 0.05) is 18.0 Å². The van der Waals surface area contributed by atoms with E-state index in [4.69, 9.17) is 0 Å². The molecule has 0 N–H and O–H groups in total. The molecule has 0 amide bonds. The van der Waals surface area contributed by atoms with Crippen LogP contribution in [0.15, 0.2) is 24.5 Å². The number of alkyl halides is 2. The predicted octanol–water partition coefficient (Wildman–Crippen LogP) is 2.02. The molecule has 0 bridgehead atoms. The van der Waals surface area contributed by atoms with Crippen molar-refractivity contribution in [2.75, 3.05) is 0 Å². The molecule has 1 aromatic rings. The van der Waals surface area contributed by atoms with Gasteiger partial charge in [-0.1, -0.05) is 6.07 Å². The Labute approximate surface area is 51.3 Å². The van der Waals surface area contributed by atoms with Gasteiger partial charge in [0.15, 0.2) is 0 Å². The third-order valence-electron chi connectivity index (χ3n) is 0.936. The minimum absolute atomic E-state index is 0.0301. The number of halogens is 2. The van der Waals surface area contributed by atoms with E-state index in [1.807, 2.05) is 0 Å². The van der Waals surface area contributed by atoms with Crippen molar-refractivity contribution in [3.8, 4) is 0 Å². The quantitative estimate of drug-likeness (QED) is 0.565. The maximum absolute atomic E-state index is 11.7. The summed E-state index contributed by atoms with van der Waals surface area (Å²) < 4.78 is 23.5. The number of pyridine rings is 1. The maximum Gasteiger partial charge on any atom is 0.265 e. The average molecular weight is 129 g/mol. The minimum atomic E-state index is -2.40. The normalized spacial score (nSPS) is 10.1. The lowest BCUT2D eigenvalue weighted by atomic mass is 10.3. The Bertz CT molecular complexity index is 174. The predicted molar refractivity (Wildman–Crippen MR) is 29.2 cm³/mol. The molecule has 0 saturated heterocycles. The Morgan fingerprint density at radius 1 is 1.44 bits per heavy atom. The molecule has 0 aliphatic rings. The van der Waals surface area contributed by atoms with Crippen molar-refractivity contribution in [3.05, 3.63) is 30.1 Å². The molecule has 1 nitrogen and oxygen atoms in total. The molecule has 0 atom stereocenters. The Kier molecular flexibility index (Phi) is 1.72. The molecule has 0 spiro atoms. The summed E-state index contributed by atoms with van der Waals surface area (Å²) in [6.45, 7) is 0. The van der Waals surface area contributed by atoms with Crippen LogP contribution in [0, 0.1) is 0 Å². The molecular weight excluding hydrogens is 124 g/mol. The van der Waals surface area contributed by atoms with Gasteiger partial charge in [-0.25, -0.2) is 8.78 Å². The van der Waals surface area contributed by atoms with E-state index in [9.17, 15) is 8.78 Å². The Morgan fingerprint density at radius 2 is 2.22 bits per heavy atom. The lowest BCUT2D eigenvalue weighted by Gasteiger charge is -1.93. The maximum atomic E-state index is 11.7. The summed E-state index contributed by atoms with van der Waals surface area (Å²) in [5.41, 5.74) is -0.0301. The van der Waals surface area contributed by atoms with Crippen LogP contribution in [-0.4, -0.2) is 4.98 Å². The molecule has 0 aromatic carbocycles. The SMILES string of the molecule is FC(F)c1cccnc1. The number of rotatable bonds is 1. The monoisotopic (exact) mass is 129 g/mol. The van der Waals surface area contributed by atoms with Gasteiger partial charge in [0.1, 0.15) is 0 Å². The second-order valence-corrected chi connectivity index (χ2v) is 1.59. The van der Waals surface area contributed by atoms with Crippen LogP contribution in [0.3, 0.4) is 0 Å².